The van der Waals surface area contributed by atoms with Crippen LogP contribution in [0.4, 0.5) is 23.7 Å². The molecule has 35 heavy (non-hydrogen) atoms. The number of nitrogens with one attached hydrogen (secondary N) is 3. The number of nitrogens with zero attached hydrogens (tertiary/aromatic N) is 1. The highest BCUT2D eigenvalue weighted by Crippen LogP contribution is 2.29. The van der Waals surface area contributed by atoms with Gasteiger partial charge in [-0.05, 0) is 75.1 Å². The lowest BCUT2D eigenvalue weighted by Gasteiger charge is -2.27. The molecule has 0 spiro atoms. The first-order chi connectivity index (χ1) is 16.6. The Morgan fingerprint density at radius 2 is 1.77 bits per heavy atom. The van der Waals surface area contributed by atoms with Gasteiger partial charge in [0.1, 0.15) is 0 Å². The first-order valence-corrected chi connectivity index (χ1v) is 11.5. The van der Waals surface area contributed by atoms with Crippen molar-refractivity contribution in [3.63, 3.8) is 0 Å². The normalized spacial score (nSPS) is 18.5. The number of guanidine groups is 1. The summed E-state index contributed by atoms with van der Waals surface area (Å²) in [5.74, 6) is -0.455. The molecule has 3 rings (SSSR count). The van der Waals surface area contributed by atoms with E-state index in [4.69, 9.17) is 16.3 Å². The summed E-state index contributed by atoms with van der Waals surface area (Å²) >= 11 is 6.05. The number of benzene rings is 2. The second-order valence-corrected chi connectivity index (χ2v) is 8.45. The lowest BCUT2D eigenvalue weighted by Crippen LogP contribution is -2.40. The van der Waals surface area contributed by atoms with Crippen LogP contribution < -0.4 is 16.0 Å². The molecule has 1 aliphatic rings. The zero-order valence-corrected chi connectivity index (χ0v) is 19.7. The average molecular weight is 511 g/mol. The predicted molar refractivity (Wildman–Crippen MR) is 128 cm³/mol. The third kappa shape index (κ3) is 8.17. The Morgan fingerprint density at radius 3 is 2.37 bits per heavy atom. The largest absolute Gasteiger partial charge is 0.450 e. The fraction of sp³-hybridized carbons (Fsp3) is 0.375. The monoisotopic (exact) mass is 510 g/mol. The van der Waals surface area contributed by atoms with E-state index in [1.807, 2.05) is 0 Å². The van der Waals surface area contributed by atoms with Gasteiger partial charge in [-0.25, -0.2) is 9.79 Å². The van der Waals surface area contributed by atoms with E-state index in [-0.39, 0.29) is 23.6 Å². The number of carbonyl (C=O) groups is 2. The van der Waals surface area contributed by atoms with Gasteiger partial charge in [0.2, 0.25) is 5.96 Å². The van der Waals surface area contributed by atoms with Crippen molar-refractivity contribution in [3.8, 4) is 0 Å². The van der Waals surface area contributed by atoms with Crippen LogP contribution in [0.3, 0.4) is 0 Å². The summed E-state index contributed by atoms with van der Waals surface area (Å²) in [6.07, 6.45) is -2.25. The van der Waals surface area contributed by atoms with Crippen LogP contribution in [0.1, 0.15) is 48.5 Å². The fourth-order valence-corrected chi connectivity index (χ4v) is 3.85. The molecule has 1 aliphatic carbocycles. The van der Waals surface area contributed by atoms with E-state index < -0.39 is 23.7 Å². The molecule has 0 bridgehead atoms. The minimum absolute atomic E-state index is 0.0217. The maximum absolute atomic E-state index is 12.8. The number of aliphatic imine (C=N–C) groups is 1. The molecule has 2 aromatic rings. The van der Waals surface area contributed by atoms with E-state index >= 15 is 0 Å². The molecule has 188 valence electrons. The van der Waals surface area contributed by atoms with E-state index in [0.717, 1.165) is 24.3 Å². The number of hydrogen-bond donors (Lipinski definition) is 3. The summed E-state index contributed by atoms with van der Waals surface area (Å²) in [5.41, 5.74) is -0.198. The first kappa shape index (κ1) is 26.3. The van der Waals surface area contributed by atoms with Crippen LogP contribution in [0.15, 0.2) is 53.5 Å². The van der Waals surface area contributed by atoms with Crippen LogP contribution in [0, 0.1) is 0 Å². The highest BCUT2D eigenvalue weighted by Gasteiger charge is 2.30. The van der Waals surface area contributed by atoms with E-state index in [0.29, 0.717) is 43.0 Å². The van der Waals surface area contributed by atoms with Gasteiger partial charge in [-0.1, -0.05) is 17.7 Å². The number of alkyl carbamates (subject to hydrolysis) is 1. The lowest BCUT2D eigenvalue weighted by molar-refractivity contribution is -0.137. The number of amides is 2. The van der Waals surface area contributed by atoms with Crippen LogP contribution in [0.5, 0.6) is 0 Å². The Kier molecular flexibility index (Phi) is 8.97. The Morgan fingerprint density at radius 1 is 1.09 bits per heavy atom. The molecule has 2 aromatic carbocycles. The molecule has 7 nitrogen and oxygen atoms in total. The second kappa shape index (κ2) is 11.9. The molecular formula is C24H26ClF3N4O3. The highest BCUT2D eigenvalue weighted by atomic mass is 35.5. The minimum atomic E-state index is -4.49. The average Bonchev–Trinajstić information content (AvgIpc) is 2.80. The summed E-state index contributed by atoms with van der Waals surface area (Å²) < 4.78 is 43.4. The van der Waals surface area contributed by atoms with Crippen molar-refractivity contribution in [2.75, 3.05) is 11.9 Å². The predicted octanol–water partition coefficient (Wildman–Crippen LogP) is 5.61. The molecule has 2 amide bonds. The molecule has 0 unspecified atom stereocenters. The molecule has 11 heteroatoms. The van der Waals surface area contributed by atoms with Gasteiger partial charge in [-0.2, -0.15) is 13.2 Å². The molecule has 1 fully saturated rings. The zero-order valence-electron chi connectivity index (χ0n) is 19.0. The molecule has 0 aromatic heterocycles. The van der Waals surface area contributed by atoms with Crippen molar-refractivity contribution in [3.05, 3.63) is 64.7 Å². The smallest absolute Gasteiger partial charge is 0.416 e. The third-order valence-corrected chi connectivity index (χ3v) is 5.63. The Labute approximate surface area is 206 Å². The molecule has 1 saturated carbocycles. The summed E-state index contributed by atoms with van der Waals surface area (Å²) in [6, 6.07) is 10.6. The maximum Gasteiger partial charge on any atom is 0.416 e. The van der Waals surface area contributed by atoms with Gasteiger partial charge < -0.3 is 15.4 Å². The Hall–Kier alpha value is -3.27. The van der Waals surface area contributed by atoms with E-state index in [1.54, 1.807) is 31.2 Å². The molecule has 0 heterocycles. The number of halogens is 4. The van der Waals surface area contributed by atoms with Crippen molar-refractivity contribution in [2.45, 2.75) is 50.9 Å². The molecule has 0 aliphatic heterocycles. The molecule has 0 radical (unpaired) electrons. The van der Waals surface area contributed by atoms with Crippen LogP contribution >= 0.6 is 11.6 Å². The zero-order chi connectivity index (χ0) is 25.4. The molecule has 0 atom stereocenters. The SMILES string of the molecule is CCOC(=O)NC1CCC(N=C(NC(=O)c2ccc(C(F)(F)F)cc2)Nc2cccc(Cl)c2)CC1. The van der Waals surface area contributed by atoms with Crippen molar-refractivity contribution in [1.82, 2.24) is 10.6 Å². The Balaban J connectivity index is 1.71. The van der Waals surface area contributed by atoms with Gasteiger partial charge >= 0.3 is 12.3 Å². The second-order valence-electron chi connectivity index (χ2n) is 8.01. The quantitative estimate of drug-likeness (QED) is 0.360. The summed E-state index contributed by atoms with van der Waals surface area (Å²) in [4.78, 5) is 29.0. The van der Waals surface area contributed by atoms with Crippen LogP contribution in [-0.4, -0.2) is 36.7 Å². The minimum Gasteiger partial charge on any atom is -0.450 e. The number of carbonyl (C=O) groups excluding carboxylic acids is 2. The maximum atomic E-state index is 12.8. The number of alkyl halides is 3. The van der Waals surface area contributed by atoms with Gasteiger partial charge in [0.25, 0.3) is 5.91 Å². The third-order valence-electron chi connectivity index (χ3n) is 5.40. The molecule has 0 saturated heterocycles. The summed E-state index contributed by atoms with van der Waals surface area (Å²) in [7, 11) is 0. The van der Waals surface area contributed by atoms with Gasteiger partial charge in [0.15, 0.2) is 0 Å². The van der Waals surface area contributed by atoms with Crippen molar-refractivity contribution in [2.24, 2.45) is 4.99 Å². The topological polar surface area (TPSA) is 91.8 Å². The molecular weight excluding hydrogens is 485 g/mol. The lowest BCUT2D eigenvalue weighted by atomic mass is 9.92. The van der Waals surface area contributed by atoms with E-state index in [1.165, 1.54) is 0 Å². The van der Waals surface area contributed by atoms with Crippen LogP contribution in [0.2, 0.25) is 5.02 Å². The van der Waals surface area contributed by atoms with Crippen molar-refractivity contribution in [1.29, 1.82) is 0 Å². The Bertz CT molecular complexity index is 1050. The number of rotatable bonds is 5. The fourth-order valence-electron chi connectivity index (χ4n) is 3.66. The number of anilines is 1. The van der Waals surface area contributed by atoms with Gasteiger partial charge in [0, 0.05) is 22.3 Å². The van der Waals surface area contributed by atoms with E-state index in [9.17, 15) is 22.8 Å². The summed E-state index contributed by atoms with van der Waals surface area (Å²) in [5, 5.41) is 8.98. The highest BCUT2D eigenvalue weighted by molar-refractivity contribution is 6.31. The number of ether oxygens (including phenoxy) is 1. The van der Waals surface area contributed by atoms with Crippen molar-refractivity contribution >= 4 is 35.2 Å². The van der Waals surface area contributed by atoms with Gasteiger partial charge in [-0.15, -0.1) is 0 Å². The van der Waals surface area contributed by atoms with Crippen molar-refractivity contribution < 1.29 is 27.5 Å². The van der Waals surface area contributed by atoms with Crippen LogP contribution in [-0.2, 0) is 10.9 Å². The number of hydrogen-bond acceptors (Lipinski definition) is 4. The van der Waals surface area contributed by atoms with Gasteiger partial charge in [-0.3, -0.25) is 10.1 Å². The standard InChI is InChI=1S/C24H26ClF3N4O3/c1-2-35-23(34)31-19-12-10-18(11-13-19)29-22(30-20-5-3-4-17(25)14-20)32-21(33)15-6-8-16(9-7-15)24(26,27)28/h3-9,14,18-19H,2,10-13H2,1H3,(H,31,34)(H2,29,30,32,33). The first-order valence-electron chi connectivity index (χ1n) is 11.2. The summed E-state index contributed by atoms with van der Waals surface area (Å²) in [6.45, 7) is 2.03. The van der Waals surface area contributed by atoms with Crippen LogP contribution in [0.25, 0.3) is 0 Å². The van der Waals surface area contributed by atoms with Gasteiger partial charge in [0.05, 0.1) is 18.2 Å². The molecule has 3 N–H and O–H groups in total. The van der Waals surface area contributed by atoms with E-state index in [2.05, 4.69) is 20.9 Å².